The van der Waals surface area contributed by atoms with Crippen molar-refractivity contribution < 1.29 is 9.53 Å². The monoisotopic (exact) mass is 433 g/mol. The SMILES string of the molecule is COC[C@H](C)Nc1ncc2c(-c3ccn4ncc(C(=O)N5CCCCC5)c4c3)c[nH]c2n1. The fourth-order valence-corrected chi connectivity index (χ4v) is 4.31. The van der Waals surface area contributed by atoms with Crippen LogP contribution in [0.5, 0.6) is 0 Å². The van der Waals surface area contributed by atoms with Crippen molar-refractivity contribution in [3.05, 3.63) is 42.5 Å². The van der Waals surface area contributed by atoms with Crippen LogP contribution in [0.25, 0.3) is 27.7 Å². The average molecular weight is 434 g/mol. The zero-order chi connectivity index (χ0) is 22.1. The van der Waals surface area contributed by atoms with Gasteiger partial charge in [0.15, 0.2) is 0 Å². The van der Waals surface area contributed by atoms with E-state index in [4.69, 9.17) is 4.74 Å². The van der Waals surface area contributed by atoms with Crippen molar-refractivity contribution in [1.29, 1.82) is 0 Å². The molecule has 1 aliphatic heterocycles. The van der Waals surface area contributed by atoms with Gasteiger partial charge in [-0.15, -0.1) is 0 Å². The van der Waals surface area contributed by atoms with Gasteiger partial charge in [0.25, 0.3) is 5.91 Å². The second kappa shape index (κ2) is 8.58. The topological polar surface area (TPSA) is 100 Å². The zero-order valence-electron chi connectivity index (χ0n) is 18.3. The average Bonchev–Trinajstić information content (AvgIpc) is 3.42. The maximum atomic E-state index is 13.1. The number of rotatable bonds is 6. The summed E-state index contributed by atoms with van der Waals surface area (Å²) in [5.41, 5.74) is 4.16. The normalized spacial score (nSPS) is 15.4. The maximum Gasteiger partial charge on any atom is 0.257 e. The number of likely N-dealkylation sites (tertiary alicyclic amines) is 1. The largest absolute Gasteiger partial charge is 0.383 e. The van der Waals surface area contributed by atoms with Gasteiger partial charge in [-0.3, -0.25) is 4.79 Å². The summed E-state index contributed by atoms with van der Waals surface area (Å²) >= 11 is 0. The number of nitrogens with one attached hydrogen (secondary N) is 2. The number of pyridine rings is 1. The first kappa shape index (κ1) is 20.4. The van der Waals surface area contributed by atoms with Gasteiger partial charge in [0.1, 0.15) is 5.65 Å². The van der Waals surface area contributed by atoms with Gasteiger partial charge in [-0.25, -0.2) is 9.50 Å². The first-order valence-electron chi connectivity index (χ1n) is 11.0. The van der Waals surface area contributed by atoms with Crippen molar-refractivity contribution in [2.75, 3.05) is 32.1 Å². The van der Waals surface area contributed by atoms with Crippen molar-refractivity contribution in [3.8, 4) is 11.1 Å². The fraction of sp³-hybridized carbons (Fsp3) is 0.391. The molecule has 2 N–H and O–H groups in total. The van der Waals surface area contributed by atoms with E-state index in [0.29, 0.717) is 18.1 Å². The van der Waals surface area contributed by atoms with Crippen LogP contribution in [0, 0.1) is 0 Å². The van der Waals surface area contributed by atoms with Crippen LogP contribution >= 0.6 is 0 Å². The number of aromatic nitrogens is 5. The first-order valence-corrected chi connectivity index (χ1v) is 11.0. The minimum absolute atomic E-state index is 0.0556. The van der Waals surface area contributed by atoms with E-state index in [-0.39, 0.29) is 11.9 Å². The molecule has 1 fully saturated rings. The molecule has 1 atom stereocenters. The molecule has 5 heterocycles. The van der Waals surface area contributed by atoms with E-state index in [1.807, 2.05) is 42.5 Å². The van der Waals surface area contributed by atoms with E-state index in [2.05, 4.69) is 25.4 Å². The summed E-state index contributed by atoms with van der Waals surface area (Å²) in [5.74, 6) is 0.608. The third-order valence-corrected chi connectivity index (χ3v) is 5.93. The number of ether oxygens (including phenoxy) is 1. The number of fused-ring (bicyclic) bond motifs is 2. The van der Waals surface area contributed by atoms with Crippen LogP contribution in [0.2, 0.25) is 0 Å². The number of amides is 1. The van der Waals surface area contributed by atoms with Crippen molar-refractivity contribution in [2.45, 2.75) is 32.2 Å². The number of carbonyl (C=O) groups excluding carboxylic acids is 1. The van der Waals surface area contributed by atoms with Crippen molar-refractivity contribution in [3.63, 3.8) is 0 Å². The number of hydrogen-bond donors (Lipinski definition) is 2. The van der Waals surface area contributed by atoms with Crippen LogP contribution in [-0.2, 0) is 4.74 Å². The highest BCUT2D eigenvalue weighted by Gasteiger charge is 2.22. The zero-order valence-corrected chi connectivity index (χ0v) is 18.3. The molecule has 0 saturated carbocycles. The highest BCUT2D eigenvalue weighted by Crippen LogP contribution is 2.29. The molecule has 9 nitrogen and oxygen atoms in total. The Hall–Kier alpha value is -3.46. The Morgan fingerprint density at radius 3 is 2.94 bits per heavy atom. The molecule has 166 valence electrons. The van der Waals surface area contributed by atoms with E-state index in [1.54, 1.807) is 17.8 Å². The van der Waals surface area contributed by atoms with Crippen LogP contribution in [-0.4, -0.2) is 68.2 Å². The minimum Gasteiger partial charge on any atom is -0.383 e. The Morgan fingerprint density at radius 2 is 2.12 bits per heavy atom. The summed E-state index contributed by atoms with van der Waals surface area (Å²) in [5, 5.41) is 8.55. The number of aromatic amines is 1. The van der Waals surface area contributed by atoms with Gasteiger partial charge in [-0.2, -0.15) is 10.1 Å². The molecule has 0 bridgehead atoms. The minimum atomic E-state index is 0.0556. The van der Waals surface area contributed by atoms with E-state index in [9.17, 15) is 4.79 Å². The third kappa shape index (κ3) is 3.80. The van der Waals surface area contributed by atoms with Crippen molar-refractivity contribution in [1.82, 2.24) is 29.5 Å². The molecule has 0 spiro atoms. The molecule has 0 unspecified atom stereocenters. The molecular weight excluding hydrogens is 406 g/mol. The lowest BCUT2D eigenvalue weighted by atomic mass is 10.1. The van der Waals surface area contributed by atoms with Gasteiger partial charge in [0.2, 0.25) is 5.95 Å². The molecule has 4 aromatic rings. The quantitative estimate of drug-likeness (QED) is 0.484. The van der Waals surface area contributed by atoms with Crippen LogP contribution in [0.15, 0.2) is 36.9 Å². The number of piperidine rings is 1. The standard InChI is InChI=1S/C23H27N7O2/c1-15(14-32-2)27-23-25-12-18-17(11-24-21(18)28-23)16-6-9-30-20(10-16)19(13-26-30)22(31)29-7-4-3-5-8-29/h6,9-13,15H,3-5,7-8,14H2,1-2H3,(H2,24,25,27,28)/t15-/m0/s1. The lowest BCUT2D eigenvalue weighted by Gasteiger charge is -2.26. The Kier molecular flexibility index (Phi) is 5.48. The number of methoxy groups -OCH3 is 1. The van der Waals surface area contributed by atoms with Gasteiger partial charge in [0.05, 0.1) is 23.9 Å². The number of H-pyrrole nitrogens is 1. The first-order chi connectivity index (χ1) is 15.6. The summed E-state index contributed by atoms with van der Waals surface area (Å²) < 4.78 is 6.91. The van der Waals surface area contributed by atoms with Gasteiger partial charge >= 0.3 is 0 Å². The Bertz CT molecular complexity index is 1260. The van der Waals surface area contributed by atoms with Gasteiger partial charge < -0.3 is 19.9 Å². The molecule has 5 rings (SSSR count). The number of carbonyl (C=O) groups is 1. The molecule has 0 aliphatic carbocycles. The van der Waals surface area contributed by atoms with Gasteiger partial charge in [-0.05, 0) is 43.9 Å². The molecule has 1 aliphatic rings. The molecule has 9 heteroatoms. The van der Waals surface area contributed by atoms with Crippen LogP contribution in [0.3, 0.4) is 0 Å². The van der Waals surface area contributed by atoms with Gasteiger partial charge in [-0.1, -0.05) is 0 Å². The van der Waals surface area contributed by atoms with E-state index in [1.165, 1.54) is 6.42 Å². The summed E-state index contributed by atoms with van der Waals surface area (Å²) in [4.78, 5) is 27.3. The molecule has 1 amide bonds. The second-order valence-corrected chi connectivity index (χ2v) is 8.32. The predicted octanol–water partition coefficient (Wildman–Crippen LogP) is 3.35. The van der Waals surface area contributed by atoms with Crippen LogP contribution < -0.4 is 5.32 Å². The molecule has 1 saturated heterocycles. The summed E-state index contributed by atoms with van der Waals surface area (Å²) in [7, 11) is 1.67. The van der Waals surface area contributed by atoms with Gasteiger partial charge in [0, 0.05) is 55.8 Å². The van der Waals surface area contributed by atoms with E-state index >= 15 is 0 Å². The highest BCUT2D eigenvalue weighted by atomic mass is 16.5. The number of nitrogens with zero attached hydrogens (tertiary/aromatic N) is 5. The molecule has 0 aromatic carbocycles. The molecule has 0 radical (unpaired) electrons. The van der Waals surface area contributed by atoms with Crippen molar-refractivity contribution >= 4 is 28.4 Å². The van der Waals surface area contributed by atoms with E-state index in [0.717, 1.165) is 53.6 Å². The lowest BCUT2D eigenvalue weighted by Crippen LogP contribution is -2.35. The van der Waals surface area contributed by atoms with E-state index < -0.39 is 0 Å². The summed E-state index contributed by atoms with van der Waals surface area (Å²) in [6, 6.07) is 4.11. The fourth-order valence-electron chi connectivity index (χ4n) is 4.31. The Labute approximate surface area is 185 Å². The number of anilines is 1. The molecular formula is C23H27N7O2. The molecule has 32 heavy (non-hydrogen) atoms. The molecule has 4 aromatic heterocycles. The third-order valence-electron chi connectivity index (χ3n) is 5.93. The maximum absolute atomic E-state index is 13.1. The summed E-state index contributed by atoms with van der Waals surface area (Å²) in [6.07, 6.45) is 10.6. The van der Waals surface area contributed by atoms with Crippen LogP contribution in [0.1, 0.15) is 36.5 Å². The second-order valence-electron chi connectivity index (χ2n) is 8.32. The smallest absolute Gasteiger partial charge is 0.257 e. The summed E-state index contributed by atoms with van der Waals surface area (Å²) in [6.45, 7) is 4.21. The van der Waals surface area contributed by atoms with Crippen molar-refractivity contribution in [2.24, 2.45) is 0 Å². The number of hydrogen-bond acceptors (Lipinski definition) is 6. The highest BCUT2D eigenvalue weighted by molar-refractivity contribution is 6.02. The Morgan fingerprint density at radius 1 is 1.28 bits per heavy atom. The van der Waals surface area contributed by atoms with Crippen LogP contribution in [0.4, 0.5) is 5.95 Å². The lowest BCUT2D eigenvalue weighted by molar-refractivity contribution is 0.0726. The predicted molar refractivity (Wildman–Crippen MR) is 123 cm³/mol. The Balaban J connectivity index is 1.47.